The number of pyridine rings is 1. The Morgan fingerprint density at radius 2 is 2.03 bits per heavy atom. The Morgan fingerprint density at radius 1 is 1.25 bits per heavy atom. The lowest BCUT2D eigenvalue weighted by Crippen LogP contribution is -2.39. The van der Waals surface area contributed by atoms with Gasteiger partial charge in [0.15, 0.2) is 5.13 Å². The normalized spacial score (nSPS) is 14.3. The summed E-state index contributed by atoms with van der Waals surface area (Å²) in [7, 11) is 1.64. The Labute approximate surface area is 196 Å². The van der Waals surface area contributed by atoms with Crippen molar-refractivity contribution in [1.82, 2.24) is 14.9 Å². The summed E-state index contributed by atoms with van der Waals surface area (Å²) in [4.78, 5) is 26.4. The predicted molar refractivity (Wildman–Crippen MR) is 127 cm³/mol. The first kappa shape index (κ1) is 22.7. The van der Waals surface area contributed by atoms with Crippen LogP contribution in [0.15, 0.2) is 48.0 Å². The minimum atomic E-state index is -0.204. The van der Waals surface area contributed by atoms with Gasteiger partial charge in [0.05, 0.1) is 26.0 Å². The van der Waals surface area contributed by atoms with Crippen LogP contribution in [0.25, 0.3) is 11.3 Å². The van der Waals surface area contributed by atoms with Crippen molar-refractivity contribution in [3.63, 3.8) is 0 Å². The van der Waals surface area contributed by atoms with Crippen LogP contribution in [-0.2, 0) is 4.74 Å². The molecule has 0 aliphatic carbocycles. The van der Waals surface area contributed by atoms with Gasteiger partial charge in [0, 0.05) is 48.3 Å². The van der Waals surface area contributed by atoms with E-state index in [1.165, 1.54) is 11.3 Å². The molecule has 1 fully saturated rings. The smallest absolute Gasteiger partial charge is 0.278 e. The summed E-state index contributed by atoms with van der Waals surface area (Å²) in [6, 6.07) is 11.0. The van der Waals surface area contributed by atoms with Crippen molar-refractivity contribution >= 4 is 34.0 Å². The fourth-order valence-corrected chi connectivity index (χ4v) is 4.52. The molecule has 0 atom stereocenters. The molecule has 0 spiro atoms. The second kappa shape index (κ2) is 10.9. The average Bonchev–Trinajstić information content (AvgIpc) is 3.32. The lowest BCUT2D eigenvalue weighted by Gasteiger charge is -2.27. The van der Waals surface area contributed by atoms with Crippen molar-refractivity contribution in [1.29, 1.82) is 0 Å². The number of nitrogens with zero attached hydrogens (tertiary/aromatic N) is 4. The maximum absolute atomic E-state index is 13.3. The lowest BCUT2D eigenvalue weighted by molar-refractivity contribution is 0.0376. The first-order valence-corrected chi connectivity index (χ1v) is 11.7. The van der Waals surface area contributed by atoms with Crippen molar-refractivity contribution in [3.05, 3.63) is 58.7 Å². The second-order valence-electron chi connectivity index (χ2n) is 7.37. The van der Waals surface area contributed by atoms with Crippen LogP contribution in [0.5, 0.6) is 5.75 Å². The van der Waals surface area contributed by atoms with E-state index in [1.54, 1.807) is 30.3 Å². The van der Waals surface area contributed by atoms with Gasteiger partial charge in [0.1, 0.15) is 11.4 Å². The third kappa shape index (κ3) is 5.63. The molecule has 0 unspecified atom stereocenters. The number of rotatable bonds is 8. The number of hydrogen-bond donors (Lipinski definition) is 0. The van der Waals surface area contributed by atoms with Crippen molar-refractivity contribution in [2.75, 3.05) is 51.4 Å². The molecule has 1 aliphatic rings. The first-order valence-electron chi connectivity index (χ1n) is 10.5. The van der Waals surface area contributed by atoms with E-state index >= 15 is 0 Å². The number of halogens is 1. The fourth-order valence-electron chi connectivity index (χ4n) is 3.50. The number of amides is 1. The van der Waals surface area contributed by atoms with Crippen molar-refractivity contribution in [3.8, 4) is 17.0 Å². The minimum absolute atomic E-state index is 0.204. The Bertz CT molecular complexity index is 1040. The van der Waals surface area contributed by atoms with E-state index in [9.17, 15) is 4.79 Å². The van der Waals surface area contributed by atoms with Gasteiger partial charge in [-0.15, -0.1) is 11.3 Å². The quantitative estimate of drug-likeness (QED) is 0.488. The van der Waals surface area contributed by atoms with Crippen LogP contribution >= 0.6 is 22.9 Å². The number of benzene rings is 1. The molecule has 4 rings (SSSR count). The van der Waals surface area contributed by atoms with Crippen LogP contribution in [0.3, 0.4) is 0 Å². The molecule has 1 saturated heterocycles. The Hall–Kier alpha value is -2.52. The van der Waals surface area contributed by atoms with Gasteiger partial charge < -0.3 is 9.47 Å². The van der Waals surface area contributed by atoms with Crippen LogP contribution in [0, 0.1) is 0 Å². The number of aromatic nitrogens is 2. The van der Waals surface area contributed by atoms with E-state index in [0.29, 0.717) is 22.4 Å². The molecule has 9 heteroatoms. The number of thiazole rings is 1. The average molecular weight is 473 g/mol. The molecule has 168 valence electrons. The van der Waals surface area contributed by atoms with Crippen molar-refractivity contribution in [2.45, 2.75) is 6.42 Å². The number of morpholine rings is 1. The maximum atomic E-state index is 13.3. The third-order valence-corrected chi connectivity index (χ3v) is 6.35. The molecule has 0 N–H and O–H groups in total. The number of methoxy groups -OCH3 is 1. The topological polar surface area (TPSA) is 67.8 Å². The highest BCUT2D eigenvalue weighted by atomic mass is 35.5. The molecule has 2 aromatic heterocycles. The molecule has 0 radical (unpaired) electrons. The molecule has 3 aromatic rings. The van der Waals surface area contributed by atoms with Crippen molar-refractivity contribution < 1.29 is 14.3 Å². The summed E-state index contributed by atoms with van der Waals surface area (Å²) in [5, 5.41) is 3.09. The number of carbonyl (C=O) groups is 1. The van der Waals surface area contributed by atoms with Gasteiger partial charge in [-0.2, -0.15) is 0 Å². The summed E-state index contributed by atoms with van der Waals surface area (Å²) in [6.07, 6.45) is 2.37. The van der Waals surface area contributed by atoms with Gasteiger partial charge in [-0.25, -0.2) is 4.98 Å². The first-order chi connectivity index (χ1) is 15.6. The molecular formula is C23H25ClN4O3S. The van der Waals surface area contributed by atoms with E-state index in [0.717, 1.165) is 56.3 Å². The van der Waals surface area contributed by atoms with Crippen LogP contribution in [0.1, 0.15) is 16.9 Å². The summed E-state index contributed by atoms with van der Waals surface area (Å²) in [6.45, 7) is 4.79. The van der Waals surface area contributed by atoms with Gasteiger partial charge in [-0.3, -0.25) is 19.6 Å². The van der Waals surface area contributed by atoms with E-state index in [-0.39, 0.29) is 5.91 Å². The number of carbonyl (C=O) groups excluding carboxylic acids is 1. The molecular weight excluding hydrogens is 448 g/mol. The molecule has 3 heterocycles. The fraction of sp³-hybridized carbons (Fsp3) is 0.348. The summed E-state index contributed by atoms with van der Waals surface area (Å²) in [5.74, 6) is 0.584. The molecule has 0 bridgehead atoms. The largest absolute Gasteiger partial charge is 0.497 e. The monoisotopic (exact) mass is 472 g/mol. The zero-order valence-electron chi connectivity index (χ0n) is 17.9. The second-order valence-corrected chi connectivity index (χ2v) is 8.64. The molecule has 7 nitrogen and oxygen atoms in total. The van der Waals surface area contributed by atoms with Crippen LogP contribution in [0.4, 0.5) is 5.13 Å². The molecule has 32 heavy (non-hydrogen) atoms. The van der Waals surface area contributed by atoms with Gasteiger partial charge in [0.2, 0.25) is 0 Å². The van der Waals surface area contributed by atoms with E-state index in [2.05, 4.69) is 9.88 Å². The summed E-state index contributed by atoms with van der Waals surface area (Å²) >= 11 is 7.55. The Balaban J connectivity index is 1.53. The van der Waals surface area contributed by atoms with Crippen LogP contribution in [0.2, 0.25) is 5.02 Å². The number of hydrogen-bond acceptors (Lipinski definition) is 7. The lowest BCUT2D eigenvalue weighted by atomic mass is 10.2. The zero-order chi connectivity index (χ0) is 22.3. The van der Waals surface area contributed by atoms with Gasteiger partial charge >= 0.3 is 0 Å². The van der Waals surface area contributed by atoms with E-state index < -0.39 is 0 Å². The molecule has 1 amide bonds. The third-order valence-electron chi connectivity index (χ3n) is 5.25. The van der Waals surface area contributed by atoms with E-state index in [1.807, 2.05) is 29.6 Å². The highest BCUT2D eigenvalue weighted by molar-refractivity contribution is 7.14. The van der Waals surface area contributed by atoms with E-state index in [4.69, 9.17) is 26.1 Å². The molecule has 0 saturated carbocycles. The summed E-state index contributed by atoms with van der Waals surface area (Å²) in [5.41, 5.74) is 2.10. The zero-order valence-corrected chi connectivity index (χ0v) is 19.4. The standard InChI is InChI=1S/C23H25ClN4O3S/c1-30-19-5-3-17(4-6-19)21-16-32-23(26-21)28(10-2-9-27-11-13-31-14-12-27)22(29)20-15-18(24)7-8-25-20/h3-8,15-16H,2,9-14H2,1H3. The molecule has 1 aliphatic heterocycles. The minimum Gasteiger partial charge on any atom is -0.497 e. The van der Waals surface area contributed by atoms with Gasteiger partial charge in [-0.1, -0.05) is 11.6 Å². The summed E-state index contributed by atoms with van der Waals surface area (Å²) < 4.78 is 10.7. The number of anilines is 1. The van der Waals surface area contributed by atoms with Crippen LogP contribution < -0.4 is 9.64 Å². The SMILES string of the molecule is COc1ccc(-c2csc(N(CCCN3CCOCC3)C(=O)c3cc(Cl)ccn3)n2)cc1. The predicted octanol–water partition coefficient (Wildman–Crippen LogP) is 4.24. The highest BCUT2D eigenvalue weighted by Crippen LogP contribution is 2.29. The van der Waals surface area contributed by atoms with Crippen LogP contribution in [-0.4, -0.2) is 67.3 Å². The highest BCUT2D eigenvalue weighted by Gasteiger charge is 2.23. The Kier molecular flexibility index (Phi) is 7.70. The van der Waals surface area contributed by atoms with Gasteiger partial charge in [0.25, 0.3) is 5.91 Å². The van der Waals surface area contributed by atoms with Gasteiger partial charge in [-0.05, 0) is 42.8 Å². The number of ether oxygens (including phenoxy) is 2. The maximum Gasteiger partial charge on any atom is 0.278 e. The molecule has 1 aromatic carbocycles. The van der Waals surface area contributed by atoms with Crippen molar-refractivity contribution in [2.24, 2.45) is 0 Å². The Morgan fingerprint density at radius 3 is 2.75 bits per heavy atom.